The quantitative estimate of drug-likeness (QED) is 0.401. The van der Waals surface area contributed by atoms with Crippen LogP contribution in [0.25, 0.3) is 0 Å². The Balaban J connectivity index is 3.57. The summed E-state index contributed by atoms with van der Waals surface area (Å²) >= 11 is 0. The van der Waals surface area contributed by atoms with Crippen LogP contribution in [0.3, 0.4) is 0 Å². The van der Waals surface area contributed by atoms with Crippen LogP contribution in [0, 0.1) is 0 Å². The number of hydrogen-bond donors (Lipinski definition) is 1. The molecule has 0 spiro atoms. The molecule has 5 heteroatoms. The van der Waals surface area contributed by atoms with Crippen LogP contribution < -0.4 is 4.89 Å². The van der Waals surface area contributed by atoms with E-state index in [1.54, 1.807) is 0 Å². The summed E-state index contributed by atoms with van der Waals surface area (Å²) in [5.74, 6) is 0. The molecule has 1 N–H and O–H groups in total. The molecule has 0 aliphatic heterocycles. The maximum atomic E-state index is 9.52. The molecule has 7 heavy (non-hydrogen) atoms. The molecule has 0 rings (SSSR count). The maximum absolute atomic E-state index is 9.52. The van der Waals surface area contributed by atoms with Gasteiger partial charge in [-0.05, 0) is 0 Å². The van der Waals surface area contributed by atoms with Crippen molar-refractivity contribution in [3.8, 4) is 0 Å². The van der Waals surface area contributed by atoms with Crippen LogP contribution in [0.15, 0.2) is 12.8 Å². The molecule has 0 heterocycles. The minimum atomic E-state index is -4.53. The summed E-state index contributed by atoms with van der Waals surface area (Å²) in [7, 11) is -4.53. The second kappa shape index (κ2) is 2.12. The lowest BCUT2D eigenvalue weighted by atomic mass is 11.2. The van der Waals surface area contributed by atoms with Crippen molar-refractivity contribution in [1.29, 1.82) is 0 Å². The molecular formula is C2H4O4P-. The van der Waals surface area contributed by atoms with E-state index < -0.39 is 7.82 Å². The maximum Gasteiger partial charge on any atom is 0.316 e. The van der Waals surface area contributed by atoms with Crippen molar-refractivity contribution >= 4 is 7.82 Å². The van der Waals surface area contributed by atoms with Crippen LogP contribution in [0.2, 0.25) is 0 Å². The lowest BCUT2D eigenvalue weighted by molar-refractivity contribution is -0.214. The monoisotopic (exact) mass is 123 g/mol. The Morgan fingerprint density at radius 1 is 2.00 bits per heavy atom. The Bertz CT molecular complexity index is 102. The molecule has 1 atom stereocenters. The number of phosphoric acid groups is 1. The molecule has 0 amide bonds. The summed E-state index contributed by atoms with van der Waals surface area (Å²) < 4.78 is 13.1. The summed E-state index contributed by atoms with van der Waals surface area (Å²) in [6, 6.07) is 0. The Morgan fingerprint density at radius 3 is 2.43 bits per heavy atom. The summed E-state index contributed by atoms with van der Waals surface area (Å²) in [5.41, 5.74) is 0. The third-order valence-electron chi connectivity index (χ3n) is 0.208. The van der Waals surface area contributed by atoms with Crippen molar-refractivity contribution in [3.05, 3.63) is 12.8 Å². The first-order valence-electron chi connectivity index (χ1n) is 1.39. The molecule has 0 aliphatic rings. The number of hydrogen-bond acceptors (Lipinski definition) is 3. The predicted octanol–water partition coefficient (Wildman–Crippen LogP) is -0.393. The number of phosphoric ester groups is 1. The zero-order valence-electron chi connectivity index (χ0n) is 3.40. The van der Waals surface area contributed by atoms with Gasteiger partial charge in [0.15, 0.2) is 0 Å². The fourth-order valence-corrected chi connectivity index (χ4v) is 0.283. The van der Waals surface area contributed by atoms with E-state index in [0.717, 1.165) is 0 Å². The molecule has 0 bridgehead atoms. The smallest absolute Gasteiger partial charge is 0.316 e. The van der Waals surface area contributed by atoms with Gasteiger partial charge in [-0.25, -0.2) is 0 Å². The first-order chi connectivity index (χ1) is 3.06. The summed E-state index contributed by atoms with van der Waals surface area (Å²) in [4.78, 5) is 17.2. The van der Waals surface area contributed by atoms with Crippen LogP contribution in [0.1, 0.15) is 0 Å². The normalized spacial score (nSPS) is 17.4. The highest BCUT2D eigenvalue weighted by Crippen LogP contribution is 2.29. The largest absolute Gasteiger partial charge is 0.746 e. The van der Waals surface area contributed by atoms with Crippen LogP contribution in [0.5, 0.6) is 0 Å². The lowest BCUT2D eigenvalue weighted by Crippen LogP contribution is -1.98. The van der Waals surface area contributed by atoms with E-state index in [9.17, 15) is 9.46 Å². The Hall–Kier alpha value is -0.310. The van der Waals surface area contributed by atoms with Gasteiger partial charge in [-0.3, -0.25) is 4.57 Å². The minimum Gasteiger partial charge on any atom is -0.746 e. The molecule has 0 radical (unpaired) electrons. The molecule has 0 aromatic rings. The Morgan fingerprint density at radius 2 is 2.43 bits per heavy atom. The van der Waals surface area contributed by atoms with E-state index in [1.807, 2.05) is 0 Å². The van der Waals surface area contributed by atoms with Crippen molar-refractivity contribution in [1.82, 2.24) is 0 Å². The summed E-state index contributed by atoms with van der Waals surface area (Å²) in [6.45, 7) is 2.89. The second-order valence-corrected chi connectivity index (χ2v) is 1.89. The minimum absolute atomic E-state index is 0.633. The molecule has 42 valence electrons. The van der Waals surface area contributed by atoms with Crippen molar-refractivity contribution < 1.29 is 18.9 Å². The highest BCUT2D eigenvalue weighted by atomic mass is 31.2. The molecule has 0 aromatic heterocycles. The van der Waals surface area contributed by atoms with Crippen molar-refractivity contribution in [2.75, 3.05) is 0 Å². The Labute approximate surface area is 40.7 Å². The first-order valence-corrected chi connectivity index (χ1v) is 2.89. The molecule has 0 saturated heterocycles. The van der Waals surface area contributed by atoms with Gasteiger partial charge >= 0.3 is 7.82 Å². The zero-order chi connectivity index (χ0) is 5.91. The third kappa shape index (κ3) is 5.69. The fraction of sp³-hybridized carbons (Fsp3) is 0. The third-order valence-corrected chi connectivity index (χ3v) is 0.623. The van der Waals surface area contributed by atoms with Crippen LogP contribution >= 0.6 is 7.82 Å². The molecule has 4 nitrogen and oxygen atoms in total. The van der Waals surface area contributed by atoms with Crippen molar-refractivity contribution in [3.63, 3.8) is 0 Å². The van der Waals surface area contributed by atoms with Gasteiger partial charge in [0.1, 0.15) is 0 Å². The molecule has 0 saturated carbocycles. The van der Waals surface area contributed by atoms with E-state index in [0.29, 0.717) is 6.26 Å². The van der Waals surface area contributed by atoms with Gasteiger partial charge in [0.05, 0.1) is 6.26 Å². The van der Waals surface area contributed by atoms with Gasteiger partial charge in [-0.1, -0.05) is 6.58 Å². The van der Waals surface area contributed by atoms with Crippen molar-refractivity contribution in [2.24, 2.45) is 0 Å². The van der Waals surface area contributed by atoms with Crippen LogP contribution in [-0.2, 0) is 9.09 Å². The predicted molar refractivity (Wildman–Crippen MR) is 21.1 cm³/mol. The van der Waals surface area contributed by atoms with Crippen LogP contribution in [-0.4, -0.2) is 4.89 Å². The standard InChI is InChI=1S/C2H5O4P/c1-2-6-7(3,4)5/h2H,1H2,(H2,3,4,5)/p-1. The number of rotatable bonds is 2. The van der Waals surface area contributed by atoms with E-state index in [1.165, 1.54) is 0 Å². The highest BCUT2D eigenvalue weighted by Gasteiger charge is 1.93. The lowest BCUT2D eigenvalue weighted by Gasteiger charge is -2.11. The summed E-state index contributed by atoms with van der Waals surface area (Å²) in [5, 5.41) is 0. The SMILES string of the molecule is C=COP(=O)([O-])O. The average molecular weight is 123 g/mol. The zero-order valence-corrected chi connectivity index (χ0v) is 4.30. The molecule has 0 aromatic carbocycles. The topological polar surface area (TPSA) is 69.6 Å². The van der Waals surface area contributed by atoms with Gasteiger partial charge in [0, 0.05) is 0 Å². The second-order valence-electron chi connectivity index (χ2n) is 0.741. The first kappa shape index (κ1) is 6.69. The van der Waals surface area contributed by atoms with E-state index >= 15 is 0 Å². The Kier molecular flexibility index (Phi) is 2.02. The molecular weight excluding hydrogens is 119 g/mol. The fourth-order valence-electron chi connectivity index (χ4n) is 0.0942. The average Bonchev–Trinajstić information content (AvgIpc) is 1.30. The van der Waals surface area contributed by atoms with Gasteiger partial charge < -0.3 is 14.3 Å². The highest BCUT2D eigenvalue weighted by molar-refractivity contribution is 7.44. The molecule has 0 fully saturated rings. The van der Waals surface area contributed by atoms with Gasteiger partial charge in [-0.2, -0.15) is 0 Å². The molecule has 0 aliphatic carbocycles. The van der Waals surface area contributed by atoms with E-state index in [-0.39, 0.29) is 0 Å². The molecule has 1 unspecified atom stereocenters. The van der Waals surface area contributed by atoms with Crippen molar-refractivity contribution in [2.45, 2.75) is 0 Å². The van der Waals surface area contributed by atoms with E-state index in [2.05, 4.69) is 11.1 Å². The van der Waals surface area contributed by atoms with Gasteiger partial charge in [-0.15, -0.1) is 0 Å². The van der Waals surface area contributed by atoms with Gasteiger partial charge in [0.25, 0.3) is 0 Å². The van der Waals surface area contributed by atoms with Crippen LogP contribution in [0.4, 0.5) is 0 Å². The van der Waals surface area contributed by atoms with E-state index in [4.69, 9.17) is 4.89 Å². The van der Waals surface area contributed by atoms with Gasteiger partial charge in [0.2, 0.25) is 0 Å². The summed E-state index contributed by atoms with van der Waals surface area (Å²) in [6.07, 6.45) is 0.633.